The van der Waals surface area contributed by atoms with Crippen molar-refractivity contribution in [1.82, 2.24) is 9.97 Å². The molecule has 1 fully saturated rings. The first-order valence-corrected chi connectivity index (χ1v) is 9.80. The van der Waals surface area contributed by atoms with E-state index >= 15 is 0 Å². The first-order valence-electron chi connectivity index (χ1n) is 9.05. The second kappa shape index (κ2) is 7.83. The molecule has 1 aliphatic heterocycles. The number of fused-ring (bicyclic) bond motifs is 1. The average molecular weight is 400 g/mol. The molecule has 3 aromatic rings. The minimum Gasteiger partial charge on any atom is -0.356 e. The van der Waals surface area contributed by atoms with Gasteiger partial charge in [-0.1, -0.05) is 41.4 Å². The van der Waals surface area contributed by atoms with E-state index in [0.717, 1.165) is 60.1 Å². The molecule has 4 rings (SSSR count). The summed E-state index contributed by atoms with van der Waals surface area (Å²) in [4.78, 5) is 22.3. The first-order chi connectivity index (χ1) is 13.2. The van der Waals surface area contributed by atoms with Crippen molar-refractivity contribution >= 4 is 46.2 Å². The van der Waals surface area contributed by atoms with Crippen molar-refractivity contribution in [1.29, 1.82) is 0 Å². The maximum absolute atomic E-state index is 11.0. The number of piperidine rings is 1. The lowest BCUT2D eigenvalue weighted by Crippen LogP contribution is -2.36. The highest BCUT2D eigenvalue weighted by molar-refractivity contribution is 6.42. The Morgan fingerprint density at radius 1 is 1.15 bits per heavy atom. The number of aromatic nitrogens is 2. The van der Waals surface area contributed by atoms with Crippen LogP contribution in [0.3, 0.4) is 0 Å². The minimum atomic E-state index is 0.374. The third kappa shape index (κ3) is 3.64. The van der Waals surface area contributed by atoms with Gasteiger partial charge in [-0.25, -0.2) is 9.97 Å². The molecule has 0 amide bonds. The van der Waals surface area contributed by atoms with Crippen molar-refractivity contribution < 1.29 is 4.79 Å². The summed E-state index contributed by atoms with van der Waals surface area (Å²) >= 11 is 12.3. The topological polar surface area (TPSA) is 46.1 Å². The van der Waals surface area contributed by atoms with E-state index in [1.165, 1.54) is 0 Å². The Labute approximate surface area is 168 Å². The van der Waals surface area contributed by atoms with Crippen molar-refractivity contribution in [2.75, 3.05) is 18.0 Å². The van der Waals surface area contributed by atoms with Crippen LogP contribution in [-0.4, -0.2) is 29.3 Å². The van der Waals surface area contributed by atoms with Gasteiger partial charge in [0.1, 0.15) is 18.4 Å². The molecule has 1 aromatic heterocycles. The van der Waals surface area contributed by atoms with Gasteiger partial charge in [0.15, 0.2) is 0 Å². The summed E-state index contributed by atoms with van der Waals surface area (Å²) in [6.45, 7) is 1.76. The maximum Gasteiger partial charge on any atom is 0.140 e. The summed E-state index contributed by atoms with van der Waals surface area (Å²) in [5.41, 5.74) is 2.90. The summed E-state index contributed by atoms with van der Waals surface area (Å²) in [7, 11) is 0. The maximum atomic E-state index is 11.0. The second-order valence-corrected chi connectivity index (χ2v) is 7.70. The van der Waals surface area contributed by atoms with Crippen LogP contribution >= 0.6 is 23.2 Å². The van der Waals surface area contributed by atoms with Crippen LogP contribution in [0.5, 0.6) is 0 Å². The SMILES string of the molecule is O=CCC1CCCN(c2ncnc3cccc(-c4ccc(Cl)c(Cl)c4)c23)C1. The van der Waals surface area contributed by atoms with Crippen LogP contribution in [0.25, 0.3) is 22.0 Å². The molecule has 1 atom stereocenters. The number of halogens is 2. The zero-order chi connectivity index (χ0) is 18.8. The number of carbonyl (C=O) groups is 1. The molecule has 1 saturated heterocycles. The molecular formula is C21H19Cl2N3O. The molecular weight excluding hydrogens is 381 g/mol. The van der Waals surface area contributed by atoms with E-state index in [1.807, 2.05) is 30.3 Å². The molecule has 6 heteroatoms. The second-order valence-electron chi connectivity index (χ2n) is 6.88. The van der Waals surface area contributed by atoms with Gasteiger partial charge in [0.2, 0.25) is 0 Å². The highest BCUT2D eigenvalue weighted by Gasteiger charge is 2.23. The molecule has 0 bridgehead atoms. The standard InChI is InChI=1S/C21H19Cl2N3O/c22-17-7-6-15(11-18(17)23)16-4-1-5-19-20(16)21(25-13-24-19)26-9-2-3-14(12-26)8-10-27/h1,4-7,10-11,13-14H,2-3,8-9,12H2. The number of hydrogen-bond donors (Lipinski definition) is 0. The van der Waals surface area contributed by atoms with Gasteiger partial charge >= 0.3 is 0 Å². The third-order valence-corrected chi connectivity index (χ3v) is 5.86. The molecule has 0 spiro atoms. The van der Waals surface area contributed by atoms with Gasteiger partial charge in [-0.15, -0.1) is 0 Å². The summed E-state index contributed by atoms with van der Waals surface area (Å²) in [6, 6.07) is 11.7. The summed E-state index contributed by atoms with van der Waals surface area (Å²) in [6.07, 6.45) is 5.36. The van der Waals surface area contributed by atoms with Crippen LogP contribution in [0, 0.1) is 5.92 Å². The summed E-state index contributed by atoms with van der Waals surface area (Å²) < 4.78 is 0. The normalized spacial score (nSPS) is 17.3. The predicted molar refractivity (Wildman–Crippen MR) is 111 cm³/mol. The number of anilines is 1. The first kappa shape index (κ1) is 18.2. The Balaban J connectivity index is 1.84. The van der Waals surface area contributed by atoms with Gasteiger partial charge < -0.3 is 9.69 Å². The van der Waals surface area contributed by atoms with Crippen molar-refractivity contribution in [3.8, 4) is 11.1 Å². The van der Waals surface area contributed by atoms with Crippen molar-refractivity contribution in [3.63, 3.8) is 0 Å². The van der Waals surface area contributed by atoms with Crippen LogP contribution in [0.1, 0.15) is 19.3 Å². The monoisotopic (exact) mass is 399 g/mol. The Morgan fingerprint density at radius 3 is 2.85 bits per heavy atom. The summed E-state index contributed by atoms with van der Waals surface area (Å²) in [5, 5.41) is 2.06. The molecule has 0 N–H and O–H groups in total. The lowest BCUT2D eigenvalue weighted by molar-refractivity contribution is -0.108. The van der Waals surface area contributed by atoms with Gasteiger partial charge in [0.25, 0.3) is 0 Å². The highest BCUT2D eigenvalue weighted by Crippen LogP contribution is 2.37. The Hall–Kier alpha value is -2.17. The van der Waals surface area contributed by atoms with Crippen molar-refractivity contribution in [2.24, 2.45) is 5.92 Å². The minimum absolute atomic E-state index is 0.374. The van der Waals surface area contributed by atoms with Crippen LogP contribution in [0.15, 0.2) is 42.7 Å². The van der Waals surface area contributed by atoms with E-state index < -0.39 is 0 Å². The Bertz CT molecular complexity index is 987. The van der Waals surface area contributed by atoms with Crippen molar-refractivity contribution in [2.45, 2.75) is 19.3 Å². The molecule has 1 aliphatic rings. The van der Waals surface area contributed by atoms with Gasteiger partial charge in [0, 0.05) is 19.5 Å². The van der Waals surface area contributed by atoms with E-state index in [4.69, 9.17) is 23.2 Å². The number of carbonyl (C=O) groups excluding carboxylic acids is 1. The number of aldehydes is 1. The fraction of sp³-hybridized carbons (Fsp3) is 0.286. The third-order valence-electron chi connectivity index (χ3n) is 5.12. The molecule has 27 heavy (non-hydrogen) atoms. The van der Waals surface area contributed by atoms with Crippen LogP contribution < -0.4 is 4.90 Å². The molecule has 0 saturated carbocycles. The number of nitrogens with zero attached hydrogens (tertiary/aromatic N) is 3. The van der Waals surface area contributed by atoms with E-state index in [-0.39, 0.29) is 0 Å². The molecule has 0 radical (unpaired) electrons. The van der Waals surface area contributed by atoms with Gasteiger partial charge in [0.05, 0.1) is 20.9 Å². The smallest absolute Gasteiger partial charge is 0.140 e. The fourth-order valence-electron chi connectivity index (χ4n) is 3.82. The average Bonchev–Trinajstić information content (AvgIpc) is 2.70. The van der Waals surface area contributed by atoms with E-state index in [1.54, 1.807) is 6.33 Å². The lowest BCUT2D eigenvalue weighted by Gasteiger charge is -2.33. The Morgan fingerprint density at radius 2 is 2.04 bits per heavy atom. The van der Waals surface area contributed by atoms with E-state index in [0.29, 0.717) is 22.4 Å². The van der Waals surface area contributed by atoms with E-state index in [2.05, 4.69) is 20.9 Å². The van der Waals surface area contributed by atoms with Gasteiger partial charge in [-0.2, -0.15) is 0 Å². The van der Waals surface area contributed by atoms with Crippen LogP contribution in [-0.2, 0) is 4.79 Å². The number of rotatable bonds is 4. The number of hydrogen-bond acceptors (Lipinski definition) is 4. The molecule has 1 unspecified atom stereocenters. The van der Waals surface area contributed by atoms with E-state index in [9.17, 15) is 4.79 Å². The van der Waals surface area contributed by atoms with Crippen molar-refractivity contribution in [3.05, 3.63) is 52.8 Å². The summed E-state index contributed by atoms with van der Waals surface area (Å²) in [5.74, 6) is 1.29. The van der Waals surface area contributed by atoms with Crippen LogP contribution in [0.2, 0.25) is 10.0 Å². The Kier molecular flexibility index (Phi) is 5.28. The van der Waals surface area contributed by atoms with Gasteiger partial charge in [-0.05, 0) is 48.1 Å². The number of benzene rings is 2. The molecule has 2 heterocycles. The van der Waals surface area contributed by atoms with Crippen LogP contribution in [0.4, 0.5) is 5.82 Å². The molecule has 0 aliphatic carbocycles. The lowest BCUT2D eigenvalue weighted by atomic mass is 9.94. The largest absolute Gasteiger partial charge is 0.356 e. The quantitative estimate of drug-likeness (QED) is 0.550. The predicted octanol–water partition coefficient (Wildman–Crippen LogP) is 5.41. The van der Waals surface area contributed by atoms with Gasteiger partial charge in [-0.3, -0.25) is 0 Å². The zero-order valence-electron chi connectivity index (χ0n) is 14.7. The zero-order valence-corrected chi connectivity index (χ0v) is 16.2. The molecule has 4 nitrogen and oxygen atoms in total. The molecule has 138 valence electrons. The fourth-order valence-corrected chi connectivity index (χ4v) is 4.12. The highest BCUT2D eigenvalue weighted by atomic mass is 35.5. The molecule has 2 aromatic carbocycles.